The van der Waals surface area contributed by atoms with Gasteiger partial charge in [-0.25, -0.2) is 9.99 Å². The molecule has 5 nitrogen and oxygen atoms in total. The molecule has 0 aliphatic carbocycles. The third kappa shape index (κ3) is 2.62. The zero-order valence-electron chi connectivity index (χ0n) is 10.9. The molecule has 100 valence electrons. The van der Waals surface area contributed by atoms with Gasteiger partial charge in [0, 0.05) is 24.7 Å². The molecule has 0 spiro atoms. The first-order valence-electron chi connectivity index (χ1n) is 6.39. The standard InChI is InChI=1S/C14H17N3O2/c1-18-12-3-2-11-4-5-15-14(13(11)10-12)16-17-6-8-19-9-7-17/h2-5,10H,6-9H2,1H3,(H,15,16). The largest absolute Gasteiger partial charge is 0.497 e. The van der Waals surface area contributed by atoms with Crippen molar-refractivity contribution in [3.63, 3.8) is 0 Å². The molecule has 1 aromatic heterocycles. The minimum absolute atomic E-state index is 0.751. The molecule has 2 heterocycles. The molecule has 0 bridgehead atoms. The molecule has 0 radical (unpaired) electrons. The highest BCUT2D eigenvalue weighted by Gasteiger charge is 2.12. The SMILES string of the molecule is COc1ccc2ccnc(NN3CCOCC3)c2c1. The third-order valence-corrected chi connectivity index (χ3v) is 3.25. The van der Waals surface area contributed by atoms with Gasteiger partial charge in [-0.1, -0.05) is 6.07 Å². The summed E-state index contributed by atoms with van der Waals surface area (Å²) in [7, 11) is 1.67. The quantitative estimate of drug-likeness (QED) is 0.912. The van der Waals surface area contributed by atoms with Crippen LogP contribution < -0.4 is 10.2 Å². The molecule has 0 unspecified atom stereocenters. The van der Waals surface area contributed by atoms with Crippen LogP contribution in [0.15, 0.2) is 30.5 Å². The van der Waals surface area contributed by atoms with Gasteiger partial charge in [-0.2, -0.15) is 0 Å². The number of hydrogen-bond acceptors (Lipinski definition) is 5. The Morgan fingerprint density at radius 1 is 1.26 bits per heavy atom. The number of methoxy groups -OCH3 is 1. The molecule has 0 amide bonds. The summed E-state index contributed by atoms with van der Waals surface area (Å²) in [5, 5.41) is 4.34. The van der Waals surface area contributed by atoms with E-state index in [1.54, 1.807) is 7.11 Å². The van der Waals surface area contributed by atoms with E-state index in [0.717, 1.165) is 48.6 Å². The third-order valence-electron chi connectivity index (χ3n) is 3.25. The van der Waals surface area contributed by atoms with Crippen molar-refractivity contribution in [2.75, 3.05) is 38.8 Å². The van der Waals surface area contributed by atoms with Gasteiger partial charge in [0.05, 0.1) is 20.3 Å². The lowest BCUT2D eigenvalue weighted by atomic mass is 10.1. The van der Waals surface area contributed by atoms with Gasteiger partial charge >= 0.3 is 0 Å². The maximum absolute atomic E-state index is 5.34. The number of nitrogens with one attached hydrogen (secondary N) is 1. The predicted molar refractivity (Wildman–Crippen MR) is 74.3 cm³/mol. The number of hydrogen-bond donors (Lipinski definition) is 1. The van der Waals surface area contributed by atoms with E-state index in [1.807, 2.05) is 30.5 Å². The molecule has 1 aliphatic heterocycles. The molecule has 2 aromatic rings. The smallest absolute Gasteiger partial charge is 0.148 e. The van der Waals surface area contributed by atoms with Crippen LogP contribution in [-0.2, 0) is 4.74 Å². The van der Waals surface area contributed by atoms with Gasteiger partial charge in [-0.3, -0.25) is 0 Å². The van der Waals surface area contributed by atoms with E-state index in [2.05, 4.69) is 15.4 Å². The fourth-order valence-electron chi connectivity index (χ4n) is 2.19. The van der Waals surface area contributed by atoms with Crippen LogP contribution in [0.3, 0.4) is 0 Å². The van der Waals surface area contributed by atoms with Crippen LogP contribution in [-0.4, -0.2) is 43.4 Å². The number of pyridine rings is 1. The lowest BCUT2D eigenvalue weighted by molar-refractivity contribution is 0.0495. The van der Waals surface area contributed by atoms with E-state index >= 15 is 0 Å². The second kappa shape index (κ2) is 5.42. The Morgan fingerprint density at radius 2 is 2.11 bits per heavy atom. The van der Waals surface area contributed by atoms with E-state index in [4.69, 9.17) is 9.47 Å². The first-order valence-corrected chi connectivity index (χ1v) is 6.39. The van der Waals surface area contributed by atoms with Crippen LogP contribution in [0.2, 0.25) is 0 Å². The van der Waals surface area contributed by atoms with Gasteiger partial charge in [-0.05, 0) is 23.6 Å². The summed E-state index contributed by atoms with van der Waals surface area (Å²) in [6.07, 6.45) is 1.82. The fraction of sp³-hybridized carbons (Fsp3) is 0.357. The van der Waals surface area contributed by atoms with Crippen molar-refractivity contribution in [3.05, 3.63) is 30.5 Å². The van der Waals surface area contributed by atoms with Gasteiger partial charge in [0.2, 0.25) is 0 Å². The zero-order valence-corrected chi connectivity index (χ0v) is 10.9. The molecule has 1 fully saturated rings. The van der Waals surface area contributed by atoms with E-state index in [0.29, 0.717) is 0 Å². The number of nitrogens with zero attached hydrogens (tertiary/aromatic N) is 2. The fourth-order valence-corrected chi connectivity index (χ4v) is 2.19. The Labute approximate surface area is 112 Å². The molecule has 1 N–H and O–H groups in total. The van der Waals surface area contributed by atoms with E-state index < -0.39 is 0 Å². The van der Waals surface area contributed by atoms with E-state index in [1.165, 1.54) is 0 Å². The Kier molecular flexibility index (Phi) is 3.48. The highest BCUT2D eigenvalue weighted by Crippen LogP contribution is 2.26. The number of anilines is 1. The van der Waals surface area contributed by atoms with Crippen LogP contribution in [0.4, 0.5) is 5.82 Å². The Hall–Kier alpha value is -1.85. The molecule has 0 atom stereocenters. The van der Waals surface area contributed by atoms with Crippen molar-refractivity contribution in [1.29, 1.82) is 0 Å². The Bertz CT molecular complexity index is 568. The minimum Gasteiger partial charge on any atom is -0.497 e. The van der Waals surface area contributed by atoms with Gasteiger partial charge < -0.3 is 14.9 Å². The Morgan fingerprint density at radius 3 is 2.89 bits per heavy atom. The normalized spacial score (nSPS) is 16.5. The van der Waals surface area contributed by atoms with Crippen molar-refractivity contribution >= 4 is 16.6 Å². The average molecular weight is 259 g/mol. The van der Waals surface area contributed by atoms with Crippen LogP contribution in [0.25, 0.3) is 10.8 Å². The number of aromatic nitrogens is 1. The number of morpholine rings is 1. The molecule has 1 saturated heterocycles. The van der Waals surface area contributed by atoms with Crippen LogP contribution >= 0.6 is 0 Å². The number of ether oxygens (including phenoxy) is 2. The topological polar surface area (TPSA) is 46.6 Å². The van der Waals surface area contributed by atoms with Crippen molar-refractivity contribution < 1.29 is 9.47 Å². The maximum atomic E-state index is 5.34. The number of benzene rings is 1. The molecular formula is C14H17N3O2. The van der Waals surface area contributed by atoms with Crippen LogP contribution in [0.1, 0.15) is 0 Å². The van der Waals surface area contributed by atoms with Crippen LogP contribution in [0, 0.1) is 0 Å². The van der Waals surface area contributed by atoms with E-state index in [-0.39, 0.29) is 0 Å². The second-order valence-corrected chi connectivity index (χ2v) is 4.46. The monoisotopic (exact) mass is 259 g/mol. The molecule has 0 saturated carbocycles. The highest BCUT2D eigenvalue weighted by atomic mass is 16.5. The molecule has 5 heteroatoms. The van der Waals surface area contributed by atoms with Crippen molar-refractivity contribution in [2.45, 2.75) is 0 Å². The van der Waals surface area contributed by atoms with Crippen molar-refractivity contribution in [3.8, 4) is 5.75 Å². The summed E-state index contributed by atoms with van der Waals surface area (Å²) in [4.78, 5) is 4.43. The maximum Gasteiger partial charge on any atom is 0.148 e. The van der Waals surface area contributed by atoms with Gasteiger partial charge in [0.1, 0.15) is 11.6 Å². The second-order valence-electron chi connectivity index (χ2n) is 4.46. The average Bonchev–Trinajstić information content (AvgIpc) is 2.48. The molecule has 1 aromatic carbocycles. The molecular weight excluding hydrogens is 242 g/mol. The lowest BCUT2D eigenvalue weighted by Gasteiger charge is -2.27. The number of rotatable bonds is 3. The zero-order chi connectivity index (χ0) is 13.1. The molecule has 3 rings (SSSR count). The van der Waals surface area contributed by atoms with Gasteiger partial charge in [-0.15, -0.1) is 0 Å². The molecule has 19 heavy (non-hydrogen) atoms. The van der Waals surface area contributed by atoms with Gasteiger partial charge in [0.25, 0.3) is 0 Å². The minimum atomic E-state index is 0.751. The van der Waals surface area contributed by atoms with Crippen LogP contribution in [0.5, 0.6) is 5.75 Å². The first-order chi connectivity index (χ1) is 9.36. The Balaban J connectivity index is 1.92. The summed E-state index contributed by atoms with van der Waals surface area (Å²) in [6.45, 7) is 3.23. The number of hydrazine groups is 1. The highest BCUT2D eigenvalue weighted by molar-refractivity contribution is 5.92. The van der Waals surface area contributed by atoms with Crippen molar-refractivity contribution in [2.24, 2.45) is 0 Å². The summed E-state index contributed by atoms with van der Waals surface area (Å²) < 4.78 is 10.6. The summed E-state index contributed by atoms with van der Waals surface area (Å²) >= 11 is 0. The first kappa shape index (κ1) is 12.2. The predicted octanol–water partition coefficient (Wildman–Crippen LogP) is 1.90. The lowest BCUT2D eigenvalue weighted by Crippen LogP contribution is -2.40. The van der Waals surface area contributed by atoms with Gasteiger partial charge in [0.15, 0.2) is 0 Å². The summed E-state index contributed by atoms with van der Waals surface area (Å²) in [6, 6.07) is 8.01. The molecule has 1 aliphatic rings. The number of fused-ring (bicyclic) bond motifs is 1. The van der Waals surface area contributed by atoms with E-state index in [9.17, 15) is 0 Å². The summed E-state index contributed by atoms with van der Waals surface area (Å²) in [5.41, 5.74) is 3.36. The summed E-state index contributed by atoms with van der Waals surface area (Å²) in [5.74, 6) is 1.70. The van der Waals surface area contributed by atoms with Crippen molar-refractivity contribution in [1.82, 2.24) is 9.99 Å².